The summed E-state index contributed by atoms with van der Waals surface area (Å²) in [5.74, 6) is -1.30. The number of halogens is 2. The van der Waals surface area contributed by atoms with Crippen LogP contribution in [0, 0.1) is 0 Å². The van der Waals surface area contributed by atoms with Crippen molar-refractivity contribution in [3.05, 3.63) is 29.3 Å². The molecular weight excluding hydrogens is 301 g/mol. The van der Waals surface area contributed by atoms with Gasteiger partial charge in [-0.05, 0) is 31.2 Å². The van der Waals surface area contributed by atoms with Gasteiger partial charge in [-0.3, -0.25) is 4.79 Å². The van der Waals surface area contributed by atoms with E-state index < -0.39 is 27.4 Å². The van der Waals surface area contributed by atoms with Crippen LogP contribution in [0.25, 0.3) is 0 Å². The molecule has 0 fully saturated rings. The molecule has 0 aliphatic rings. The van der Waals surface area contributed by atoms with Crippen molar-refractivity contribution in [1.29, 1.82) is 0 Å². The molecule has 0 unspecified atom stereocenters. The quantitative estimate of drug-likeness (QED) is 0.811. The maximum atomic E-state index is 11.8. The Bertz CT molecular complexity index is 540. The van der Waals surface area contributed by atoms with E-state index in [1.807, 2.05) is 0 Å². The third kappa shape index (κ3) is 3.84. The minimum absolute atomic E-state index is 0.00949. The number of aliphatic carboxylic acids is 1. The fourth-order valence-corrected chi connectivity index (χ4v) is 2.42. The van der Waals surface area contributed by atoms with Crippen molar-refractivity contribution >= 4 is 39.2 Å². The Morgan fingerprint density at radius 3 is 2.33 bits per heavy atom. The van der Waals surface area contributed by atoms with Crippen LogP contribution in [0.2, 0.25) is 5.02 Å². The molecule has 8 heteroatoms. The van der Waals surface area contributed by atoms with Gasteiger partial charge in [-0.25, -0.2) is 13.1 Å². The van der Waals surface area contributed by atoms with E-state index in [1.54, 1.807) is 0 Å². The summed E-state index contributed by atoms with van der Waals surface area (Å²) >= 11 is 11.3. The fraction of sp³-hybridized carbons (Fsp3) is 0.300. The van der Waals surface area contributed by atoms with Gasteiger partial charge in [-0.1, -0.05) is 11.6 Å². The summed E-state index contributed by atoms with van der Waals surface area (Å²) in [6.45, 7) is 0.788. The monoisotopic (exact) mass is 311 g/mol. The standard InChI is InChI=1S/C10H11Cl2NO4S/c1-10(12,9(14)15)6-13-18(16,17)8-4-2-7(11)3-5-8/h2-5,13H,6H2,1H3,(H,14,15)/t10-/m0/s1. The van der Waals surface area contributed by atoms with E-state index in [2.05, 4.69) is 4.72 Å². The number of hydrogen-bond donors (Lipinski definition) is 2. The molecule has 0 saturated heterocycles. The van der Waals surface area contributed by atoms with Crippen LogP contribution in [0.15, 0.2) is 29.2 Å². The first-order chi connectivity index (χ1) is 8.15. The molecule has 0 saturated carbocycles. The minimum Gasteiger partial charge on any atom is -0.480 e. The largest absolute Gasteiger partial charge is 0.480 e. The van der Waals surface area contributed by atoms with Gasteiger partial charge in [0.2, 0.25) is 10.0 Å². The molecule has 1 atom stereocenters. The molecule has 1 rings (SSSR count). The molecule has 1 aromatic rings. The van der Waals surface area contributed by atoms with E-state index in [4.69, 9.17) is 28.3 Å². The number of carbonyl (C=O) groups is 1. The lowest BCUT2D eigenvalue weighted by atomic mass is 10.2. The van der Waals surface area contributed by atoms with Gasteiger partial charge in [0.1, 0.15) is 0 Å². The lowest BCUT2D eigenvalue weighted by molar-refractivity contribution is -0.139. The van der Waals surface area contributed by atoms with E-state index in [0.717, 1.165) is 0 Å². The first kappa shape index (κ1) is 15.2. The highest BCUT2D eigenvalue weighted by molar-refractivity contribution is 7.89. The first-order valence-electron chi connectivity index (χ1n) is 4.83. The van der Waals surface area contributed by atoms with Crippen LogP contribution in [-0.2, 0) is 14.8 Å². The molecule has 0 radical (unpaired) electrons. The number of sulfonamides is 1. The molecular formula is C10H11Cl2NO4S. The Morgan fingerprint density at radius 1 is 1.39 bits per heavy atom. The average Bonchev–Trinajstić information content (AvgIpc) is 2.27. The van der Waals surface area contributed by atoms with Crippen molar-refractivity contribution in [3.63, 3.8) is 0 Å². The minimum atomic E-state index is -3.80. The Balaban J connectivity index is 2.84. The molecule has 1 aromatic carbocycles. The maximum absolute atomic E-state index is 11.8. The Labute approximate surface area is 115 Å². The van der Waals surface area contributed by atoms with Crippen molar-refractivity contribution in [2.24, 2.45) is 0 Å². The smallest absolute Gasteiger partial charge is 0.325 e. The maximum Gasteiger partial charge on any atom is 0.325 e. The highest BCUT2D eigenvalue weighted by Gasteiger charge is 2.32. The van der Waals surface area contributed by atoms with Gasteiger partial charge in [0.05, 0.1) is 4.90 Å². The van der Waals surface area contributed by atoms with Crippen LogP contribution < -0.4 is 4.72 Å². The lowest BCUT2D eigenvalue weighted by Gasteiger charge is -2.17. The molecule has 0 bridgehead atoms. The van der Waals surface area contributed by atoms with E-state index in [-0.39, 0.29) is 4.90 Å². The van der Waals surface area contributed by atoms with Crippen LogP contribution >= 0.6 is 23.2 Å². The summed E-state index contributed by atoms with van der Waals surface area (Å²) in [4.78, 5) is 9.03. The van der Waals surface area contributed by atoms with Crippen molar-refractivity contribution in [2.45, 2.75) is 16.7 Å². The van der Waals surface area contributed by atoms with Crippen LogP contribution in [0.1, 0.15) is 6.92 Å². The first-order valence-corrected chi connectivity index (χ1v) is 7.06. The number of hydrogen-bond acceptors (Lipinski definition) is 3. The Kier molecular flexibility index (Phi) is 4.61. The van der Waals surface area contributed by atoms with Crippen molar-refractivity contribution in [1.82, 2.24) is 4.72 Å². The van der Waals surface area contributed by atoms with Gasteiger partial charge in [-0.2, -0.15) is 0 Å². The van der Waals surface area contributed by atoms with E-state index >= 15 is 0 Å². The summed E-state index contributed by atoms with van der Waals surface area (Å²) < 4.78 is 25.7. The predicted octanol–water partition coefficient (Wildman–Crippen LogP) is 1.70. The van der Waals surface area contributed by atoms with Gasteiger partial charge in [0.25, 0.3) is 0 Å². The molecule has 0 aromatic heterocycles. The fourth-order valence-electron chi connectivity index (χ4n) is 1.00. The summed E-state index contributed by atoms with van der Waals surface area (Å²) in [5.41, 5.74) is 0. The number of carboxylic acid groups (broad SMARTS) is 1. The van der Waals surface area contributed by atoms with Crippen molar-refractivity contribution < 1.29 is 18.3 Å². The summed E-state index contributed by atoms with van der Waals surface area (Å²) in [7, 11) is -3.80. The van der Waals surface area contributed by atoms with E-state index in [9.17, 15) is 13.2 Å². The normalized spacial score (nSPS) is 15.1. The van der Waals surface area contributed by atoms with Crippen LogP contribution in [0.3, 0.4) is 0 Å². The van der Waals surface area contributed by atoms with Gasteiger partial charge >= 0.3 is 5.97 Å². The van der Waals surface area contributed by atoms with Gasteiger partial charge in [0, 0.05) is 11.6 Å². The van der Waals surface area contributed by atoms with E-state index in [0.29, 0.717) is 5.02 Å². The Hall–Kier alpha value is -0.820. The summed E-state index contributed by atoms with van der Waals surface area (Å²) in [6.07, 6.45) is 0. The van der Waals surface area contributed by atoms with Crippen molar-refractivity contribution in [3.8, 4) is 0 Å². The third-order valence-corrected chi connectivity index (χ3v) is 4.13. The summed E-state index contributed by atoms with van der Waals surface area (Å²) in [5, 5.41) is 9.17. The SMILES string of the molecule is C[C@](Cl)(CNS(=O)(=O)c1ccc(Cl)cc1)C(=O)O. The van der Waals surface area contributed by atoms with Crippen LogP contribution in [0.5, 0.6) is 0 Å². The number of benzene rings is 1. The van der Waals surface area contributed by atoms with Gasteiger partial charge in [-0.15, -0.1) is 11.6 Å². The van der Waals surface area contributed by atoms with Crippen LogP contribution in [-0.4, -0.2) is 30.9 Å². The zero-order chi connectivity index (χ0) is 14.0. The summed E-state index contributed by atoms with van der Waals surface area (Å²) in [6, 6.07) is 5.48. The molecule has 0 aliphatic heterocycles. The second-order valence-corrected chi connectivity index (χ2v) is 6.82. The molecule has 0 aliphatic carbocycles. The van der Waals surface area contributed by atoms with Crippen molar-refractivity contribution in [2.75, 3.05) is 6.54 Å². The van der Waals surface area contributed by atoms with Crippen LogP contribution in [0.4, 0.5) is 0 Å². The average molecular weight is 312 g/mol. The topological polar surface area (TPSA) is 83.5 Å². The molecule has 2 N–H and O–H groups in total. The second kappa shape index (κ2) is 5.44. The predicted molar refractivity (Wildman–Crippen MR) is 68.5 cm³/mol. The molecule has 100 valence electrons. The molecule has 0 heterocycles. The molecule has 5 nitrogen and oxygen atoms in total. The zero-order valence-electron chi connectivity index (χ0n) is 9.35. The number of carboxylic acids is 1. The highest BCUT2D eigenvalue weighted by atomic mass is 35.5. The third-order valence-electron chi connectivity index (χ3n) is 2.16. The van der Waals surface area contributed by atoms with E-state index in [1.165, 1.54) is 31.2 Å². The zero-order valence-corrected chi connectivity index (χ0v) is 11.7. The second-order valence-electron chi connectivity index (χ2n) is 3.78. The molecule has 0 amide bonds. The lowest BCUT2D eigenvalue weighted by Crippen LogP contribution is -2.42. The number of nitrogens with one attached hydrogen (secondary N) is 1. The molecule has 0 spiro atoms. The molecule has 18 heavy (non-hydrogen) atoms. The highest BCUT2D eigenvalue weighted by Crippen LogP contribution is 2.17. The van der Waals surface area contributed by atoms with Gasteiger partial charge in [0.15, 0.2) is 4.87 Å². The Morgan fingerprint density at radius 2 is 1.89 bits per heavy atom. The van der Waals surface area contributed by atoms with Gasteiger partial charge < -0.3 is 5.11 Å². The number of alkyl halides is 1. The number of rotatable bonds is 5.